The van der Waals surface area contributed by atoms with Gasteiger partial charge in [0, 0.05) is 0 Å². The zero-order valence-corrected chi connectivity index (χ0v) is 6.17. The topological polar surface area (TPSA) is 80.6 Å². The van der Waals surface area contributed by atoms with Crippen molar-refractivity contribution in [1.82, 2.24) is 0 Å². The Hall–Kier alpha value is -1.72. The molecule has 0 aromatic carbocycles. The van der Waals surface area contributed by atoms with Crippen molar-refractivity contribution in [1.29, 1.82) is 15.8 Å². The third-order valence-electron chi connectivity index (χ3n) is 1.04. The molecule has 0 amide bonds. The molecule has 0 aromatic heterocycles. The minimum atomic E-state index is -4.66. The zero-order chi connectivity index (χ0) is 10.5. The number of halogens is 3. The highest BCUT2D eigenvalue weighted by Gasteiger charge is 2.33. The lowest BCUT2D eigenvalue weighted by Crippen LogP contribution is -2.38. The highest BCUT2D eigenvalue weighted by Crippen LogP contribution is 2.16. The Bertz CT molecular complexity index is 271. The molecule has 0 atom stereocenters. The summed E-state index contributed by atoms with van der Waals surface area (Å²) in [5, 5.41) is 24.6. The van der Waals surface area contributed by atoms with Crippen LogP contribution >= 0.6 is 0 Å². The summed E-state index contributed by atoms with van der Waals surface area (Å²) in [6.45, 7) is -1.78. The number of hydrogen-bond donors (Lipinski definition) is 0. The van der Waals surface area contributed by atoms with E-state index >= 15 is 0 Å². The first-order chi connectivity index (χ1) is 5.89. The first kappa shape index (κ1) is 11.3. The number of nitrogens with zero attached hydrogens (tertiary/aromatic N) is 3. The highest BCUT2D eigenvalue weighted by molar-refractivity contribution is 6.94. The fourth-order valence-electron chi connectivity index (χ4n) is 0.418. The number of alkyl halides is 3. The molecule has 0 fully saturated rings. The molecule has 13 heavy (non-hydrogen) atoms. The largest absolute Gasteiger partial charge is 0.551 e. The normalized spacial score (nSPS) is 11.1. The third-order valence-corrected chi connectivity index (χ3v) is 1.04. The van der Waals surface area contributed by atoms with Crippen molar-refractivity contribution in [3.05, 3.63) is 0 Å². The average Bonchev–Trinajstić information content (AvgIpc) is 2.06. The van der Waals surface area contributed by atoms with Gasteiger partial charge in [-0.1, -0.05) is 17.9 Å². The molecule has 0 N–H and O–H groups in total. The van der Waals surface area contributed by atoms with Crippen LogP contribution in [0.1, 0.15) is 0 Å². The van der Waals surface area contributed by atoms with Crippen molar-refractivity contribution >= 4 is 6.35 Å². The van der Waals surface area contributed by atoms with Crippen LogP contribution in [0.2, 0.25) is 0 Å². The van der Waals surface area contributed by atoms with Gasteiger partial charge >= 0.3 is 12.5 Å². The summed E-state index contributed by atoms with van der Waals surface area (Å²) in [6.07, 6.45) is -7.98. The maximum absolute atomic E-state index is 11.6. The summed E-state index contributed by atoms with van der Waals surface area (Å²) >= 11 is 0. The first-order valence-electron chi connectivity index (χ1n) is 2.98. The Labute approximate surface area is 71.7 Å². The molecule has 0 radical (unpaired) electrons. The van der Waals surface area contributed by atoms with Gasteiger partial charge in [-0.05, 0) is 0 Å². The number of hydrogen-bond acceptors (Lipinski definition) is 4. The summed E-state index contributed by atoms with van der Waals surface area (Å²) in [5.74, 6) is 3.32. The van der Waals surface area contributed by atoms with Crippen molar-refractivity contribution in [2.75, 3.05) is 6.61 Å². The molecule has 0 heterocycles. The van der Waals surface area contributed by atoms with Gasteiger partial charge in [-0.3, -0.25) is 0 Å². The smallest absolute Gasteiger partial charge is 0.408 e. The van der Waals surface area contributed by atoms with Gasteiger partial charge in [0.1, 0.15) is 6.61 Å². The van der Waals surface area contributed by atoms with E-state index in [1.165, 1.54) is 0 Å². The third kappa shape index (κ3) is 3.46. The molecule has 8 heteroatoms. The van der Waals surface area contributed by atoms with Crippen molar-refractivity contribution in [3.63, 3.8) is 0 Å². The van der Waals surface area contributed by atoms with Gasteiger partial charge in [-0.25, -0.2) is 15.8 Å². The van der Waals surface area contributed by atoms with Crippen LogP contribution in [0.25, 0.3) is 0 Å². The molecule has 0 aliphatic carbocycles. The Balaban J connectivity index is 4.45. The Kier molecular flexibility index (Phi) is 3.29. The monoisotopic (exact) mass is 188 g/mol. The van der Waals surface area contributed by atoms with Gasteiger partial charge in [-0.2, -0.15) is 13.2 Å². The van der Waals surface area contributed by atoms with Gasteiger partial charge in [0.15, 0.2) is 0 Å². The van der Waals surface area contributed by atoms with E-state index < -0.39 is 19.1 Å². The second kappa shape index (κ2) is 3.80. The quantitative estimate of drug-likeness (QED) is 0.597. The molecule has 4 nitrogen and oxygen atoms in total. The molecule has 0 unspecified atom stereocenters. The van der Waals surface area contributed by atoms with Crippen molar-refractivity contribution < 1.29 is 17.8 Å². The maximum Gasteiger partial charge on any atom is 0.408 e. The SMILES string of the molecule is N#C[B-](C#N)(C#N)OCC(F)(F)F. The van der Waals surface area contributed by atoms with Crippen LogP contribution in [-0.4, -0.2) is 19.1 Å². The van der Waals surface area contributed by atoms with E-state index in [4.69, 9.17) is 15.8 Å². The summed E-state index contributed by atoms with van der Waals surface area (Å²) in [7, 11) is 0. The molecule has 0 spiro atoms. The molecule has 0 rings (SSSR count). The fourth-order valence-corrected chi connectivity index (χ4v) is 0.418. The molecule has 0 aliphatic rings. The van der Waals surface area contributed by atoms with E-state index in [1.54, 1.807) is 0 Å². The van der Waals surface area contributed by atoms with Crippen molar-refractivity contribution in [2.45, 2.75) is 6.18 Å². The van der Waals surface area contributed by atoms with Gasteiger partial charge < -0.3 is 4.65 Å². The Morgan fingerprint density at radius 3 is 1.69 bits per heavy atom. The van der Waals surface area contributed by atoms with Crippen LogP contribution in [0.4, 0.5) is 13.2 Å². The van der Waals surface area contributed by atoms with Gasteiger partial charge in [0.05, 0.1) is 0 Å². The van der Waals surface area contributed by atoms with E-state index in [9.17, 15) is 13.2 Å². The Morgan fingerprint density at radius 2 is 1.46 bits per heavy atom. The summed E-state index contributed by atoms with van der Waals surface area (Å²) in [4.78, 5) is 0. The van der Waals surface area contributed by atoms with E-state index in [1.807, 2.05) is 0 Å². The van der Waals surface area contributed by atoms with Gasteiger partial charge in [0.25, 0.3) is 0 Å². The molecule has 0 aromatic rings. The molecule has 68 valence electrons. The fraction of sp³-hybridized carbons (Fsp3) is 0.400. The molecule has 0 aliphatic heterocycles. The lowest BCUT2D eigenvalue weighted by atomic mass is 9.45. The predicted molar refractivity (Wildman–Crippen MR) is 34.6 cm³/mol. The second-order valence-electron chi connectivity index (χ2n) is 2.10. The average molecular weight is 188 g/mol. The van der Waals surface area contributed by atoms with Crippen molar-refractivity contribution in [2.24, 2.45) is 0 Å². The van der Waals surface area contributed by atoms with Crippen LogP contribution in [0.5, 0.6) is 0 Å². The molecule has 0 bridgehead atoms. The van der Waals surface area contributed by atoms with E-state index in [-0.39, 0.29) is 0 Å². The minimum Gasteiger partial charge on any atom is -0.551 e. The van der Waals surface area contributed by atoms with Crippen LogP contribution < -0.4 is 0 Å². The first-order valence-corrected chi connectivity index (χ1v) is 2.98. The zero-order valence-electron chi connectivity index (χ0n) is 6.17. The van der Waals surface area contributed by atoms with E-state index in [2.05, 4.69) is 4.65 Å². The van der Waals surface area contributed by atoms with Crippen LogP contribution in [0, 0.1) is 33.7 Å². The van der Waals surface area contributed by atoms with Gasteiger partial charge in [0.2, 0.25) is 0 Å². The standard InChI is InChI=1S/C5H2BF3N3O/c7-5(8,9)1-13-6(2-10,3-11)4-12/h1H2/q-1. The van der Waals surface area contributed by atoms with Crippen LogP contribution in [-0.2, 0) is 4.65 Å². The molecule has 0 saturated heterocycles. The lowest BCUT2D eigenvalue weighted by molar-refractivity contribution is -0.154. The van der Waals surface area contributed by atoms with Crippen LogP contribution in [0.15, 0.2) is 0 Å². The van der Waals surface area contributed by atoms with Gasteiger partial charge in [-0.15, -0.1) is 0 Å². The number of nitriles is 3. The Morgan fingerprint density at radius 1 is 1.08 bits per heavy atom. The summed E-state index contributed by atoms with van der Waals surface area (Å²) in [6, 6.07) is 0. The molecular weight excluding hydrogens is 186 g/mol. The van der Waals surface area contributed by atoms with E-state index in [0.717, 1.165) is 17.9 Å². The van der Waals surface area contributed by atoms with Crippen LogP contribution in [0.3, 0.4) is 0 Å². The molecular formula is C5H2BF3N3O-. The van der Waals surface area contributed by atoms with E-state index in [0.29, 0.717) is 0 Å². The molecule has 0 saturated carbocycles. The number of rotatable bonds is 2. The summed E-state index contributed by atoms with van der Waals surface area (Å²) in [5.41, 5.74) is 0. The highest BCUT2D eigenvalue weighted by atomic mass is 19.4. The predicted octanol–water partition coefficient (Wildman–Crippen LogP) is 0.699. The minimum absolute atomic E-state index is 1.11. The maximum atomic E-state index is 11.6. The lowest BCUT2D eigenvalue weighted by Gasteiger charge is -2.20. The second-order valence-corrected chi connectivity index (χ2v) is 2.10. The summed E-state index contributed by atoms with van der Waals surface area (Å²) < 4.78 is 38.6. The van der Waals surface area contributed by atoms with Crippen molar-refractivity contribution in [3.8, 4) is 17.9 Å².